The van der Waals surface area contributed by atoms with Crippen molar-refractivity contribution in [2.75, 3.05) is 6.54 Å². The van der Waals surface area contributed by atoms with E-state index in [1.807, 2.05) is 0 Å². The van der Waals surface area contributed by atoms with Crippen LogP contribution in [0.1, 0.15) is 24.1 Å². The molecule has 146 valence electrons. The Morgan fingerprint density at radius 1 is 0.964 bits per heavy atom. The molecule has 0 saturated carbocycles. The van der Waals surface area contributed by atoms with Crippen molar-refractivity contribution in [3.8, 4) is 11.4 Å². The van der Waals surface area contributed by atoms with Crippen LogP contribution in [-0.2, 0) is 0 Å². The van der Waals surface area contributed by atoms with Crippen LogP contribution in [0.4, 0.5) is 8.78 Å². The topological polar surface area (TPSA) is 104 Å². The Hall–Kier alpha value is -2.74. The SMILES string of the molecule is CC(N)(CN)C(N)C(c1ccc(F)cc1)c1ccnc(-c2ccc(F)cc2)n1. The molecule has 3 unspecified atom stereocenters. The summed E-state index contributed by atoms with van der Waals surface area (Å²) in [6, 6.07) is 13.1. The van der Waals surface area contributed by atoms with Gasteiger partial charge in [0.2, 0.25) is 0 Å². The summed E-state index contributed by atoms with van der Waals surface area (Å²) in [5.41, 5.74) is 19.8. The van der Waals surface area contributed by atoms with Crippen molar-refractivity contribution in [1.82, 2.24) is 9.97 Å². The van der Waals surface area contributed by atoms with E-state index in [-0.39, 0.29) is 18.2 Å². The molecule has 0 bridgehead atoms. The van der Waals surface area contributed by atoms with Crippen molar-refractivity contribution < 1.29 is 8.78 Å². The molecular formula is C21H23F2N5. The molecule has 1 aromatic heterocycles. The van der Waals surface area contributed by atoms with E-state index < -0.39 is 17.5 Å². The van der Waals surface area contributed by atoms with Crippen LogP contribution in [0.3, 0.4) is 0 Å². The lowest BCUT2D eigenvalue weighted by atomic mass is 9.78. The van der Waals surface area contributed by atoms with Gasteiger partial charge in [0.05, 0.1) is 5.69 Å². The number of nitrogens with zero attached hydrogens (tertiary/aromatic N) is 2. The van der Waals surface area contributed by atoms with Gasteiger partial charge in [0.25, 0.3) is 0 Å². The van der Waals surface area contributed by atoms with Crippen LogP contribution in [0.25, 0.3) is 11.4 Å². The van der Waals surface area contributed by atoms with Gasteiger partial charge in [-0.05, 0) is 55.0 Å². The minimum atomic E-state index is -0.875. The molecule has 2 aromatic carbocycles. The highest BCUT2D eigenvalue weighted by Gasteiger charge is 2.35. The fourth-order valence-electron chi connectivity index (χ4n) is 3.03. The van der Waals surface area contributed by atoms with Gasteiger partial charge >= 0.3 is 0 Å². The largest absolute Gasteiger partial charge is 0.329 e. The number of nitrogens with two attached hydrogens (primary N) is 3. The first kappa shape index (κ1) is 20.0. The maximum atomic E-state index is 13.4. The van der Waals surface area contributed by atoms with Gasteiger partial charge in [-0.25, -0.2) is 18.7 Å². The predicted molar refractivity (Wildman–Crippen MR) is 105 cm³/mol. The lowest BCUT2D eigenvalue weighted by Gasteiger charge is -2.36. The molecule has 28 heavy (non-hydrogen) atoms. The molecule has 0 radical (unpaired) electrons. The van der Waals surface area contributed by atoms with E-state index in [1.54, 1.807) is 43.5 Å². The first-order valence-corrected chi connectivity index (χ1v) is 8.90. The zero-order valence-electron chi connectivity index (χ0n) is 15.5. The fourth-order valence-corrected chi connectivity index (χ4v) is 3.03. The molecular weight excluding hydrogens is 360 g/mol. The van der Waals surface area contributed by atoms with E-state index in [1.165, 1.54) is 24.3 Å². The van der Waals surface area contributed by atoms with Crippen LogP contribution in [0.15, 0.2) is 60.8 Å². The number of aromatic nitrogens is 2. The summed E-state index contributed by atoms with van der Waals surface area (Å²) < 4.78 is 26.7. The van der Waals surface area contributed by atoms with Gasteiger partial charge in [-0.3, -0.25) is 0 Å². The van der Waals surface area contributed by atoms with Crippen LogP contribution in [0.2, 0.25) is 0 Å². The molecule has 3 aromatic rings. The highest BCUT2D eigenvalue weighted by molar-refractivity contribution is 5.54. The van der Waals surface area contributed by atoms with Gasteiger partial charge in [-0.15, -0.1) is 0 Å². The van der Waals surface area contributed by atoms with Crippen LogP contribution in [0.5, 0.6) is 0 Å². The molecule has 5 nitrogen and oxygen atoms in total. The van der Waals surface area contributed by atoms with E-state index in [9.17, 15) is 8.78 Å². The maximum absolute atomic E-state index is 13.4. The van der Waals surface area contributed by atoms with Crippen LogP contribution < -0.4 is 17.2 Å². The quantitative estimate of drug-likeness (QED) is 0.607. The Morgan fingerprint density at radius 3 is 2.11 bits per heavy atom. The molecule has 1 heterocycles. The molecule has 6 N–H and O–H groups in total. The fraction of sp³-hybridized carbons (Fsp3) is 0.238. The van der Waals surface area contributed by atoms with Crippen LogP contribution in [0, 0.1) is 11.6 Å². The predicted octanol–water partition coefficient (Wildman–Crippen LogP) is 2.56. The minimum Gasteiger partial charge on any atom is -0.329 e. The summed E-state index contributed by atoms with van der Waals surface area (Å²) in [7, 11) is 0. The van der Waals surface area contributed by atoms with Gasteiger partial charge in [-0.2, -0.15) is 0 Å². The molecule has 3 atom stereocenters. The first-order valence-electron chi connectivity index (χ1n) is 8.90. The molecule has 0 aliphatic heterocycles. The summed E-state index contributed by atoms with van der Waals surface area (Å²) >= 11 is 0. The molecule has 0 fully saturated rings. The molecule has 3 rings (SSSR count). The number of benzene rings is 2. The van der Waals surface area contributed by atoms with E-state index in [0.717, 1.165) is 5.56 Å². The zero-order valence-corrected chi connectivity index (χ0v) is 15.5. The normalized spacial score (nSPS) is 15.6. The lowest BCUT2D eigenvalue weighted by molar-refractivity contribution is 0.354. The van der Waals surface area contributed by atoms with Crippen molar-refractivity contribution in [2.45, 2.75) is 24.4 Å². The molecule has 0 aliphatic rings. The third-order valence-electron chi connectivity index (χ3n) is 4.89. The molecule has 0 amide bonds. The Labute approximate surface area is 162 Å². The van der Waals surface area contributed by atoms with Gasteiger partial charge < -0.3 is 17.2 Å². The average molecular weight is 383 g/mol. The van der Waals surface area contributed by atoms with Crippen molar-refractivity contribution in [3.05, 3.63) is 83.7 Å². The van der Waals surface area contributed by atoms with Crippen LogP contribution in [-0.4, -0.2) is 28.1 Å². The summed E-state index contributed by atoms with van der Waals surface area (Å²) in [6.07, 6.45) is 1.61. The minimum absolute atomic E-state index is 0.168. The number of hydrogen-bond acceptors (Lipinski definition) is 5. The van der Waals surface area contributed by atoms with Crippen LogP contribution >= 0.6 is 0 Å². The number of rotatable bonds is 6. The van der Waals surface area contributed by atoms with Gasteiger partial charge in [0.15, 0.2) is 5.82 Å². The van der Waals surface area contributed by atoms with Gasteiger partial charge in [-0.1, -0.05) is 12.1 Å². The second-order valence-electron chi connectivity index (χ2n) is 7.08. The van der Waals surface area contributed by atoms with Crippen molar-refractivity contribution in [2.24, 2.45) is 17.2 Å². The lowest BCUT2D eigenvalue weighted by Crippen LogP contribution is -2.60. The smallest absolute Gasteiger partial charge is 0.159 e. The highest BCUT2D eigenvalue weighted by atomic mass is 19.1. The molecule has 0 saturated heterocycles. The maximum Gasteiger partial charge on any atom is 0.159 e. The van der Waals surface area contributed by atoms with Crippen molar-refractivity contribution in [1.29, 1.82) is 0 Å². The van der Waals surface area contributed by atoms with E-state index in [2.05, 4.69) is 9.97 Å². The zero-order chi connectivity index (χ0) is 20.3. The number of hydrogen-bond donors (Lipinski definition) is 3. The highest BCUT2D eigenvalue weighted by Crippen LogP contribution is 2.31. The summed E-state index contributed by atoms with van der Waals surface area (Å²) in [5, 5.41) is 0. The third kappa shape index (κ3) is 4.22. The number of halogens is 2. The van der Waals surface area contributed by atoms with Gasteiger partial charge in [0, 0.05) is 35.8 Å². The van der Waals surface area contributed by atoms with Gasteiger partial charge in [0.1, 0.15) is 11.6 Å². The second kappa shape index (κ2) is 8.10. The standard InChI is InChI=1S/C21H23F2N5/c1-21(26,12-24)19(25)18(13-2-6-15(22)7-3-13)17-10-11-27-20(28-17)14-4-8-16(23)9-5-14/h2-11,18-19H,12,24-26H2,1H3. The van der Waals surface area contributed by atoms with E-state index >= 15 is 0 Å². The third-order valence-corrected chi connectivity index (χ3v) is 4.89. The summed E-state index contributed by atoms with van der Waals surface area (Å²) in [4.78, 5) is 8.92. The Morgan fingerprint density at radius 2 is 1.54 bits per heavy atom. The van der Waals surface area contributed by atoms with E-state index in [4.69, 9.17) is 17.2 Å². The molecule has 7 heteroatoms. The molecule has 0 aliphatic carbocycles. The van der Waals surface area contributed by atoms with Crippen molar-refractivity contribution in [3.63, 3.8) is 0 Å². The van der Waals surface area contributed by atoms with E-state index in [0.29, 0.717) is 17.1 Å². The Kier molecular flexibility index (Phi) is 5.79. The average Bonchev–Trinajstić information content (AvgIpc) is 2.70. The summed E-state index contributed by atoms with van der Waals surface area (Å²) in [6.45, 7) is 1.94. The molecule has 0 spiro atoms. The first-order chi connectivity index (χ1) is 13.3. The second-order valence-corrected chi connectivity index (χ2v) is 7.08. The Balaban J connectivity index is 2.08. The monoisotopic (exact) mass is 383 g/mol. The van der Waals surface area contributed by atoms with Crippen molar-refractivity contribution >= 4 is 0 Å². The Bertz CT molecular complexity index is 926. The summed E-state index contributed by atoms with van der Waals surface area (Å²) in [5.74, 6) is -0.683.